The fraction of sp³-hybridized carbons (Fsp3) is 0.500. The van der Waals surface area contributed by atoms with Gasteiger partial charge in [0.05, 0.1) is 6.61 Å². The van der Waals surface area contributed by atoms with Gasteiger partial charge in [-0.3, -0.25) is 4.79 Å². The standard InChI is InChI=1S/C14H17ClF3NO2/c1-2-8-21-12-5-3-4-11(9-12)13(20)19(7-6-15)10-14(16,17)18/h3-5,9H,2,6-8,10H2,1H3. The summed E-state index contributed by atoms with van der Waals surface area (Å²) in [5.74, 6) is -0.316. The molecule has 118 valence electrons. The van der Waals surface area contributed by atoms with Crippen LogP contribution in [0.25, 0.3) is 0 Å². The minimum absolute atomic E-state index is 0.0617. The maximum absolute atomic E-state index is 12.5. The van der Waals surface area contributed by atoms with Gasteiger partial charge in [0.1, 0.15) is 12.3 Å². The normalized spacial score (nSPS) is 11.3. The van der Waals surface area contributed by atoms with E-state index in [9.17, 15) is 18.0 Å². The smallest absolute Gasteiger partial charge is 0.406 e. The summed E-state index contributed by atoms with van der Waals surface area (Å²) in [6.07, 6.45) is -3.66. The highest BCUT2D eigenvalue weighted by atomic mass is 35.5. The van der Waals surface area contributed by atoms with Gasteiger partial charge >= 0.3 is 6.18 Å². The number of carbonyl (C=O) groups excluding carboxylic acids is 1. The Bertz CT molecular complexity index is 466. The van der Waals surface area contributed by atoms with Crippen molar-refractivity contribution in [2.45, 2.75) is 19.5 Å². The minimum Gasteiger partial charge on any atom is -0.494 e. The van der Waals surface area contributed by atoms with E-state index in [1.165, 1.54) is 12.1 Å². The highest BCUT2D eigenvalue weighted by Gasteiger charge is 2.33. The number of halogens is 4. The van der Waals surface area contributed by atoms with E-state index in [0.717, 1.165) is 6.42 Å². The lowest BCUT2D eigenvalue weighted by atomic mass is 10.2. The highest BCUT2D eigenvalue weighted by Crippen LogP contribution is 2.20. The largest absolute Gasteiger partial charge is 0.494 e. The molecule has 0 atom stereocenters. The van der Waals surface area contributed by atoms with Crippen molar-refractivity contribution < 1.29 is 22.7 Å². The number of alkyl halides is 4. The summed E-state index contributed by atoms with van der Waals surface area (Å²) in [7, 11) is 0. The maximum Gasteiger partial charge on any atom is 0.406 e. The van der Waals surface area contributed by atoms with E-state index in [0.29, 0.717) is 17.3 Å². The van der Waals surface area contributed by atoms with E-state index in [-0.39, 0.29) is 18.0 Å². The molecule has 0 radical (unpaired) electrons. The summed E-state index contributed by atoms with van der Waals surface area (Å²) in [5, 5.41) is 0. The Labute approximate surface area is 126 Å². The SMILES string of the molecule is CCCOc1cccc(C(=O)N(CCCl)CC(F)(F)F)c1. The zero-order valence-electron chi connectivity index (χ0n) is 11.6. The van der Waals surface area contributed by atoms with Crippen LogP contribution in [0, 0.1) is 0 Å². The van der Waals surface area contributed by atoms with Gasteiger partial charge in [-0.2, -0.15) is 13.2 Å². The van der Waals surface area contributed by atoms with Gasteiger partial charge in [0.15, 0.2) is 0 Å². The number of benzene rings is 1. The first kappa shape index (κ1) is 17.6. The average molecular weight is 324 g/mol. The van der Waals surface area contributed by atoms with Crippen molar-refractivity contribution in [3.05, 3.63) is 29.8 Å². The number of rotatable bonds is 7. The van der Waals surface area contributed by atoms with Crippen LogP contribution in [0.1, 0.15) is 23.7 Å². The van der Waals surface area contributed by atoms with E-state index < -0.39 is 18.6 Å². The van der Waals surface area contributed by atoms with Gasteiger partial charge in [0.25, 0.3) is 5.91 Å². The summed E-state index contributed by atoms with van der Waals surface area (Å²) >= 11 is 5.47. The van der Waals surface area contributed by atoms with Crippen molar-refractivity contribution in [2.75, 3.05) is 25.6 Å². The number of nitrogens with zero attached hydrogens (tertiary/aromatic N) is 1. The van der Waals surface area contributed by atoms with Gasteiger partial charge in [-0.25, -0.2) is 0 Å². The molecule has 3 nitrogen and oxygen atoms in total. The molecule has 0 saturated carbocycles. The quantitative estimate of drug-likeness (QED) is 0.716. The topological polar surface area (TPSA) is 29.5 Å². The molecule has 0 aliphatic rings. The molecule has 1 aromatic carbocycles. The summed E-state index contributed by atoms with van der Waals surface area (Å²) in [6.45, 7) is 0.921. The van der Waals surface area contributed by atoms with Crippen molar-refractivity contribution in [1.29, 1.82) is 0 Å². The minimum atomic E-state index is -4.46. The molecular formula is C14H17ClF3NO2. The molecule has 0 aliphatic heterocycles. The zero-order chi connectivity index (χ0) is 15.9. The lowest BCUT2D eigenvalue weighted by Crippen LogP contribution is -2.40. The third-order valence-corrected chi connectivity index (χ3v) is 2.73. The van der Waals surface area contributed by atoms with Crippen LogP contribution in [0.4, 0.5) is 13.2 Å². The van der Waals surface area contributed by atoms with Crippen molar-refractivity contribution >= 4 is 17.5 Å². The van der Waals surface area contributed by atoms with E-state index in [2.05, 4.69) is 0 Å². The Balaban J connectivity index is 2.87. The van der Waals surface area contributed by atoms with Crippen molar-refractivity contribution in [3.63, 3.8) is 0 Å². The van der Waals surface area contributed by atoms with Gasteiger partial charge in [0.2, 0.25) is 0 Å². The van der Waals surface area contributed by atoms with Gasteiger partial charge in [0, 0.05) is 18.0 Å². The Kier molecular flexibility index (Phi) is 6.81. The summed E-state index contributed by atoms with van der Waals surface area (Å²) in [6, 6.07) is 6.13. The average Bonchev–Trinajstić information content (AvgIpc) is 2.43. The van der Waals surface area contributed by atoms with Crippen LogP contribution in [0.2, 0.25) is 0 Å². The number of hydrogen-bond acceptors (Lipinski definition) is 2. The lowest BCUT2D eigenvalue weighted by Gasteiger charge is -2.23. The van der Waals surface area contributed by atoms with Crippen LogP contribution in [-0.4, -0.2) is 42.6 Å². The zero-order valence-corrected chi connectivity index (χ0v) is 12.4. The molecule has 0 heterocycles. The fourth-order valence-corrected chi connectivity index (χ4v) is 1.90. The van der Waals surface area contributed by atoms with E-state index >= 15 is 0 Å². The first-order chi connectivity index (χ1) is 9.87. The number of carbonyl (C=O) groups is 1. The predicted octanol–water partition coefficient (Wildman–Crippen LogP) is 3.72. The van der Waals surface area contributed by atoms with Crippen LogP contribution in [0.3, 0.4) is 0 Å². The second-order valence-electron chi connectivity index (χ2n) is 4.41. The van der Waals surface area contributed by atoms with E-state index in [1.807, 2.05) is 6.92 Å². The third-order valence-electron chi connectivity index (χ3n) is 2.57. The van der Waals surface area contributed by atoms with Crippen molar-refractivity contribution in [2.24, 2.45) is 0 Å². The van der Waals surface area contributed by atoms with Gasteiger partial charge in [-0.05, 0) is 24.6 Å². The van der Waals surface area contributed by atoms with Crippen LogP contribution in [0.15, 0.2) is 24.3 Å². The molecule has 1 rings (SSSR count). The fourth-order valence-electron chi connectivity index (χ4n) is 1.69. The molecular weight excluding hydrogens is 307 g/mol. The van der Waals surface area contributed by atoms with Gasteiger partial charge < -0.3 is 9.64 Å². The van der Waals surface area contributed by atoms with Crippen LogP contribution >= 0.6 is 11.6 Å². The molecule has 0 aromatic heterocycles. The molecule has 0 unspecified atom stereocenters. The first-order valence-corrected chi connectivity index (χ1v) is 7.05. The van der Waals surface area contributed by atoms with Crippen LogP contribution < -0.4 is 4.74 Å². The van der Waals surface area contributed by atoms with E-state index in [4.69, 9.17) is 16.3 Å². The third kappa shape index (κ3) is 6.25. The van der Waals surface area contributed by atoms with Crippen molar-refractivity contribution in [1.82, 2.24) is 4.90 Å². The molecule has 21 heavy (non-hydrogen) atoms. The van der Waals surface area contributed by atoms with E-state index in [1.54, 1.807) is 12.1 Å². The van der Waals surface area contributed by atoms with Crippen LogP contribution in [0.5, 0.6) is 5.75 Å². The second-order valence-corrected chi connectivity index (χ2v) is 4.79. The number of hydrogen-bond donors (Lipinski definition) is 0. The van der Waals surface area contributed by atoms with Gasteiger partial charge in [-0.1, -0.05) is 13.0 Å². The molecule has 1 amide bonds. The molecule has 0 bridgehead atoms. The first-order valence-electron chi connectivity index (χ1n) is 6.52. The Morgan fingerprint density at radius 2 is 2.10 bits per heavy atom. The van der Waals surface area contributed by atoms with Crippen LogP contribution in [-0.2, 0) is 0 Å². The lowest BCUT2D eigenvalue weighted by molar-refractivity contribution is -0.140. The summed E-state index contributed by atoms with van der Waals surface area (Å²) in [5.41, 5.74) is 0.151. The molecule has 0 spiro atoms. The summed E-state index contributed by atoms with van der Waals surface area (Å²) in [4.78, 5) is 12.8. The predicted molar refractivity (Wildman–Crippen MR) is 74.9 cm³/mol. The molecule has 1 aromatic rings. The van der Waals surface area contributed by atoms with Crippen molar-refractivity contribution in [3.8, 4) is 5.75 Å². The molecule has 7 heteroatoms. The Morgan fingerprint density at radius 3 is 2.67 bits per heavy atom. The number of ether oxygens (including phenoxy) is 1. The Morgan fingerprint density at radius 1 is 1.38 bits per heavy atom. The second kappa shape index (κ2) is 8.12. The number of amides is 1. The molecule has 0 aliphatic carbocycles. The maximum atomic E-state index is 12.5. The highest BCUT2D eigenvalue weighted by molar-refractivity contribution is 6.18. The molecule has 0 fully saturated rings. The summed E-state index contributed by atoms with van der Waals surface area (Å²) < 4.78 is 42.8. The Hall–Kier alpha value is -1.43. The van der Waals surface area contributed by atoms with Gasteiger partial charge in [-0.15, -0.1) is 11.6 Å². The molecule has 0 N–H and O–H groups in total. The molecule has 0 saturated heterocycles. The monoisotopic (exact) mass is 323 g/mol.